The minimum Gasteiger partial charge on any atom is -0.507 e. The maximum Gasteiger partial charge on any atom is 0.225 e. The molecule has 0 spiro atoms. The van der Waals surface area contributed by atoms with Gasteiger partial charge in [0.25, 0.3) is 0 Å². The predicted molar refractivity (Wildman–Crippen MR) is 141 cm³/mol. The van der Waals surface area contributed by atoms with E-state index in [1.807, 2.05) is 0 Å². The topological polar surface area (TPSA) is 49.3 Å². The summed E-state index contributed by atoms with van der Waals surface area (Å²) in [6, 6.07) is 4.61. The lowest BCUT2D eigenvalue weighted by Crippen LogP contribution is -2.60. The van der Waals surface area contributed by atoms with Crippen molar-refractivity contribution in [3.63, 3.8) is 0 Å². The van der Waals surface area contributed by atoms with Crippen LogP contribution >= 0.6 is 11.8 Å². The summed E-state index contributed by atoms with van der Waals surface area (Å²) in [5, 5.41) is 14.4. The molecule has 0 radical (unpaired) electrons. The van der Waals surface area contributed by atoms with E-state index in [2.05, 4.69) is 86.7 Å². The van der Waals surface area contributed by atoms with Crippen LogP contribution in [0.4, 0.5) is 0 Å². The van der Waals surface area contributed by atoms with Crippen molar-refractivity contribution < 1.29 is 9.90 Å². The molecule has 1 amide bonds. The number of phenols is 1. The molecule has 4 heteroatoms. The number of carbonyl (C=O) groups is 1. The van der Waals surface area contributed by atoms with Gasteiger partial charge in [0.2, 0.25) is 5.91 Å². The third kappa shape index (κ3) is 5.41. The first-order chi connectivity index (χ1) is 14.9. The summed E-state index contributed by atoms with van der Waals surface area (Å²) in [6.07, 6.45) is 4.48. The summed E-state index contributed by atoms with van der Waals surface area (Å²) in [5.74, 6) is 2.98. The van der Waals surface area contributed by atoms with Crippen LogP contribution in [0, 0.1) is 22.7 Å². The van der Waals surface area contributed by atoms with E-state index in [9.17, 15) is 9.90 Å². The van der Waals surface area contributed by atoms with Gasteiger partial charge in [-0.1, -0.05) is 69.2 Å². The zero-order chi connectivity index (χ0) is 25.0. The molecule has 3 saturated carbocycles. The normalized spacial score (nSPS) is 24.8. The van der Waals surface area contributed by atoms with Crippen LogP contribution in [0.2, 0.25) is 0 Å². The lowest BCUT2D eigenvalue weighted by molar-refractivity contribution is -0.136. The third-order valence-corrected chi connectivity index (χ3v) is 9.46. The van der Waals surface area contributed by atoms with Crippen molar-refractivity contribution in [1.82, 2.24) is 5.32 Å². The Morgan fingerprint density at radius 1 is 1.03 bits per heavy atom. The van der Waals surface area contributed by atoms with E-state index in [0.717, 1.165) is 35.6 Å². The molecule has 3 nitrogen and oxygen atoms in total. The van der Waals surface area contributed by atoms with E-state index in [4.69, 9.17) is 0 Å². The first kappa shape index (κ1) is 26.4. The maximum absolute atomic E-state index is 13.2. The molecule has 2 bridgehead atoms. The molecule has 0 saturated heterocycles. The highest BCUT2D eigenvalue weighted by Crippen LogP contribution is 2.59. The zero-order valence-corrected chi connectivity index (χ0v) is 23.5. The van der Waals surface area contributed by atoms with Crippen LogP contribution in [0.3, 0.4) is 0 Å². The van der Waals surface area contributed by atoms with Crippen LogP contribution in [0.15, 0.2) is 17.0 Å². The molecule has 1 aromatic rings. The second-order valence-corrected chi connectivity index (χ2v) is 15.0. The molecule has 2 N–H and O–H groups in total. The second-order valence-electron chi connectivity index (χ2n) is 13.9. The monoisotopic (exact) mass is 473 g/mol. The van der Waals surface area contributed by atoms with E-state index >= 15 is 0 Å². The van der Waals surface area contributed by atoms with Crippen LogP contribution in [0.1, 0.15) is 106 Å². The Labute approximate surface area is 206 Å². The molecule has 0 aromatic heterocycles. The van der Waals surface area contributed by atoms with Gasteiger partial charge in [0, 0.05) is 27.5 Å². The number of nitrogens with one attached hydrogen (secondary N) is 1. The highest BCUT2D eigenvalue weighted by molar-refractivity contribution is 7.99. The van der Waals surface area contributed by atoms with Crippen molar-refractivity contribution in [3.05, 3.63) is 23.3 Å². The number of thioether (sulfide) groups is 1. The van der Waals surface area contributed by atoms with E-state index in [1.54, 1.807) is 11.8 Å². The second kappa shape index (κ2) is 8.81. The van der Waals surface area contributed by atoms with E-state index in [0.29, 0.717) is 23.1 Å². The fourth-order valence-electron chi connectivity index (χ4n) is 5.72. The fraction of sp³-hybridized carbons (Fsp3) is 0.759. The largest absolute Gasteiger partial charge is 0.507 e. The SMILES string of the molecule is CC(C)(CCSc1cc(C(C)(C)C)c(O)c(C(C)(C)C)c1)C(=O)NC1CCC2CC1C2(C)C. The summed E-state index contributed by atoms with van der Waals surface area (Å²) in [6.45, 7) is 21.8. The van der Waals surface area contributed by atoms with Gasteiger partial charge in [-0.15, -0.1) is 11.8 Å². The van der Waals surface area contributed by atoms with Gasteiger partial charge < -0.3 is 10.4 Å². The molecule has 0 heterocycles. The Morgan fingerprint density at radius 2 is 1.58 bits per heavy atom. The molecule has 33 heavy (non-hydrogen) atoms. The Hall–Kier alpha value is -1.16. The summed E-state index contributed by atoms with van der Waals surface area (Å²) in [4.78, 5) is 14.4. The first-order valence-electron chi connectivity index (χ1n) is 12.8. The molecule has 3 aliphatic rings. The van der Waals surface area contributed by atoms with Crippen LogP contribution in [-0.2, 0) is 15.6 Å². The molecule has 3 fully saturated rings. The van der Waals surface area contributed by atoms with Gasteiger partial charge in [-0.05, 0) is 71.6 Å². The summed E-state index contributed by atoms with van der Waals surface area (Å²) < 4.78 is 0. The van der Waals surface area contributed by atoms with E-state index in [1.165, 1.54) is 17.7 Å². The number of fused-ring (bicyclic) bond motifs is 2. The number of hydrogen-bond donors (Lipinski definition) is 2. The fourth-order valence-corrected chi connectivity index (χ4v) is 6.97. The van der Waals surface area contributed by atoms with Gasteiger partial charge in [0.15, 0.2) is 0 Å². The third-order valence-electron chi connectivity index (χ3n) is 8.48. The lowest BCUT2D eigenvalue weighted by atomic mass is 9.47. The number of carbonyl (C=O) groups excluding carboxylic acids is 1. The van der Waals surface area contributed by atoms with Crippen LogP contribution in [-0.4, -0.2) is 22.8 Å². The van der Waals surface area contributed by atoms with Crippen LogP contribution in [0.5, 0.6) is 5.75 Å². The average Bonchev–Trinajstić information content (AvgIpc) is 2.67. The number of aromatic hydroxyl groups is 1. The Morgan fingerprint density at radius 3 is 2.03 bits per heavy atom. The van der Waals surface area contributed by atoms with Crippen molar-refractivity contribution in [2.45, 2.75) is 117 Å². The van der Waals surface area contributed by atoms with Crippen molar-refractivity contribution >= 4 is 17.7 Å². The molecule has 3 unspecified atom stereocenters. The minimum absolute atomic E-state index is 0.131. The van der Waals surface area contributed by atoms with Gasteiger partial charge in [-0.25, -0.2) is 0 Å². The molecule has 3 aliphatic carbocycles. The highest BCUT2D eigenvalue weighted by Gasteiger charge is 2.54. The van der Waals surface area contributed by atoms with E-state index < -0.39 is 5.41 Å². The van der Waals surface area contributed by atoms with Crippen LogP contribution in [0.25, 0.3) is 0 Å². The van der Waals surface area contributed by atoms with Gasteiger partial charge in [0.1, 0.15) is 5.75 Å². The smallest absolute Gasteiger partial charge is 0.225 e. The van der Waals surface area contributed by atoms with Gasteiger partial charge >= 0.3 is 0 Å². The van der Waals surface area contributed by atoms with Crippen molar-refractivity contribution in [2.24, 2.45) is 22.7 Å². The maximum atomic E-state index is 13.2. The van der Waals surface area contributed by atoms with Gasteiger partial charge in [0.05, 0.1) is 0 Å². The van der Waals surface area contributed by atoms with Crippen molar-refractivity contribution in [3.8, 4) is 5.75 Å². The minimum atomic E-state index is -0.394. The number of hydrogen-bond acceptors (Lipinski definition) is 3. The summed E-state index contributed by atoms with van der Waals surface area (Å²) >= 11 is 1.80. The standard InChI is InChI=1S/C29H47NO2S/c1-26(2,3)21-16-19(17-22(24(21)31)27(4,5)6)33-14-13-28(7,8)25(32)30-23-12-11-18-15-20(23)29(18,9)10/h16-18,20,23,31H,11-15H2,1-10H3,(H,30,32). The highest BCUT2D eigenvalue weighted by atomic mass is 32.2. The van der Waals surface area contributed by atoms with E-state index in [-0.39, 0.29) is 16.7 Å². The van der Waals surface area contributed by atoms with Crippen molar-refractivity contribution in [2.75, 3.05) is 5.75 Å². The predicted octanol–water partition coefficient (Wildman–Crippen LogP) is 7.44. The number of amides is 1. The number of benzene rings is 1. The first-order valence-corrected chi connectivity index (χ1v) is 13.7. The van der Waals surface area contributed by atoms with Crippen LogP contribution < -0.4 is 5.32 Å². The average molecular weight is 474 g/mol. The zero-order valence-electron chi connectivity index (χ0n) is 22.7. The summed E-state index contributed by atoms with van der Waals surface area (Å²) in [7, 11) is 0. The molecular formula is C29H47NO2S. The molecule has 4 rings (SSSR count). The number of phenolic OH excluding ortho intramolecular Hbond substituents is 1. The molecule has 186 valence electrons. The van der Waals surface area contributed by atoms with Gasteiger partial charge in [-0.2, -0.15) is 0 Å². The molecule has 0 aliphatic heterocycles. The Balaban J connectivity index is 1.65. The molecular weight excluding hydrogens is 426 g/mol. The Bertz CT molecular complexity index is 851. The molecule has 3 atom stereocenters. The molecule has 1 aromatic carbocycles. The number of rotatable bonds is 6. The lowest BCUT2D eigenvalue weighted by Gasteiger charge is -2.60. The van der Waals surface area contributed by atoms with Gasteiger partial charge in [-0.3, -0.25) is 4.79 Å². The van der Waals surface area contributed by atoms with Crippen molar-refractivity contribution in [1.29, 1.82) is 0 Å². The summed E-state index contributed by atoms with van der Waals surface area (Å²) in [5.41, 5.74) is 1.71. The Kier molecular flexibility index (Phi) is 7.06. The quantitative estimate of drug-likeness (QED) is 0.422.